The zero-order chi connectivity index (χ0) is 12.3. The SMILES string of the molecule is CCOC(=O)N1CCc2cccc(C=O)c2C1. The first-order chi connectivity index (χ1) is 8.26. The van der Waals surface area contributed by atoms with E-state index < -0.39 is 0 Å². The van der Waals surface area contributed by atoms with Crippen LogP contribution >= 0.6 is 0 Å². The predicted molar refractivity (Wildman–Crippen MR) is 63.0 cm³/mol. The molecular formula is C13H15NO3. The fraction of sp³-hybridized carbons (Fsp3) is 0.385. The molecular weight excluding hydrogens is 218 g/mol. The van der Waals surface area contributed by atoms with Gasteiger partial charge in [0.25, 0.3) is 0 Å². The van der Waals surface area contributed by atoms with Crippen molar-refractivity contribution in [2.45, 2.75) is 19.9 Å². The van der Waals surface area contributed by atoms with E-state index in [1.165, 1.54) is 0 Å². The molecule has 0 spiro atoms. The molecule has 0 aromatic heterocycles. The van der Waals surface area contributed by atoms with Gasteiger partial charge in [-0.1, -0.05) is 18.2 Å². The summed E-state index contributed by atoms with van der Waals surface area (Å²) in [6, 6.07) is 5.66. The molecule has 0 atom stereocenters. The topological polar surface area (TPSA) is 46.6 Å². The van der Waals surface area contributed by atoms with Crippen molar-refractivity contribution in [3.8, 4) is 0 Å². The molecule has 1 aliphatic heterocycles. The molecule has 4 nitrogen and oxygen atoms in total. The molecule has 0 radical (unpaired) electrons. The summed E-state index contributed by atoms with van der Waals surface area (Å²) in [6.07, 6.45) is 1.31. The van der Waals surface area contributed by atoms with Crippen LogP contribution in [-0.2, 0) is 17.7 Å². The lowest BCUT2D eigenvalue weighted by atomic mass is 9.96. The monoisotopic (exact) mass is 233 g/mol. The fourth-order valence-corrected chi connectivity index (χ4v) is 2.09. The van der Waals surface area contributed by atoms with E-state index in [9.17, 15) is 9.59 Å². The van der Waals surface area contributed by atoms with Crippen LogP contribution < -0.4 is 0 Å². The van der Waals surface area contributed by atoms with Gasteiger partial charge in [-0.3, -0.25) is 4.79 Å². The standard InChI is InChI=1S/C13H15NO3/c1-2-17-13(16)14-7-6-10-4-3-5-11(9-15)12(10)8-14/h3-5,9H,2,6-8H2,1H3. The molecule has 0 saturated carbocycles. The summed E-state index contributed by atoms with van der Waals surface area (Å²) in [5.41, 5.74) is 2.76. The number of ether oxygens (including phenoxy) is 1. The molecule has 90 valence electrons. The lowest BCUT2D eigenvalue weighted by molar-refractivity contribution is 0.101. The molecule has 0 bridgehead atoms. The fourth-order valence-electron chi connectivity index (χ4n) is 2.09. The van der Waals surface area contributed by atoms with Gasteiger partial charge < -0.3 is 9.64 Å². The van der Waals surface area contributed by atoms with E-state index in [4.69, 9.17) is 4.74 Å². The quantitative estimate of drug-likeness (QED) is 0.734. The van der Waals surface area contributed by atoms with Gasteiger partial charge in [-0.15, -0.1) is 0 Å². The van der Waals surface area contributed by atoms with Crippen LogP contribution in [0.3, 0.4) is 0 Å². The number of fused-ring (bicyclic) bond motifs is 1. The number of aldehydes is 1. The van der Waals surface area contributed by atoms with Gasteiger partial charge in [-0.2, -0.15) is 0 Å². The predicted octanol–water partition coefficient (Wildman–Crippen LogP) is 2.01. The summed E-state index contributed by atoms with van der Waals surface area (Å²) in [4.78, 5) is 24.2. The van der Waals surface area contributed by atoms with Crippen molar-refractivity contribution in [3.05, 3.63) is 34.9 Å². The highest BCUT2D eigenvalue weighted by Gasteiger charge is 2.23. The van der Waals surface area contributed by atoms with Gasteiger partial charge in [0.15, 0.2) is 0 Å². The van der Waals surface area contributed by atoms with Crippen molar-refractivity contribution >= 4 is 12.4 Å². The summed E-state index contributed by atoms with van der Waals surface area (Å²) in [7, 11) is 0. The third kappa shape index (κ3) is 2.30. The minimum atomic E-state index is -0.307. The van der Waals surface area contributed by atoms with Crippen LogP contribution in [0.4, 0.5) is 4.79 Å². The Kier molecular flexibility index (Phi) is 3.42. The number of nitrogens with zero attached hydrogens (tertiary/aromatic N) is 1. The normalized spacial score (nSPS) is 14.1. The van der Waals surface area contributed by atoms with E-state index in [2.05, 4.69) is 0 Å². The van der Waals surface area contributed by atoms with E-state index >= 15 is 0 Å². The third-order valence-corrected chi connectivity index (χ3v) is 2.96. The van der Waals surface area contributed by atoms with Gasteiger partial charge >= 0.3 is 6.09 Å². The van der Waals surface area contributed by atoms with Crippen molar-refractivity contribution < 1.29 is 14.3 Å². The summed E-state index contributed by atoms with van der Waals surface area (Å²) >= 11 is 0. The van der Waals surface area contributed by atoms with Crippen molar-refractivity contribution in [3.63, 3.8) is 0 Å². The van der Waals surface area contributed by atoms with E-state index in [0.29, 0.717) is 25.3 Å². The summed E-state index contributed by atoms with van der Waals surface area (Å²) in [5.74, 6) is 0. The van der Waals surface area contributed by atoms with Crippen molar-refractivity contribution in [1.29, 1.82) is 0 Å². The van der Waals surface area contributed by atoms with Crippen LogP contribution in [0, 0.1) is 0 Å². The van der Waals surface area contributed by atoms with Crippen LogP contribution in [0.2, 0.25) is 0 Å². The maximum Gasteiger partial charge on any atom is 0.410 e. The van der Waals surface area contributed by atoms with E-state index in [-0.39, 0.29) is 6.09 Å². The molecule has 1 aromatic carbocycles. The first-order valence-electron chi connectivity index (χ1n) is 5.74. The number of carbonyl (C=O) groups is 2. The molecule has 1 heterocycles. The van der Waals surface area contributed by atoms with Gasteiger partial charge in [-0.05, 0) is 24.5 Å². The highest BCUT2D eigenvalue weighted by Crippen LogP contribution is 2.22. The van der Waals surface area contributed by atoms with Crippen LogP contribution in [0.15, 0.2) is 18.2 Å². The third-order valence-electron chi connectivity index (χ3n) is 2.96. The van der Waals surface area contributed by atoms with Gasteiger partial charge in [0, 0.05) is 18.7 Å². The average Bonchev–Trinajstić information content (AvgIpc) is 2.37. The van der Waals surface area contributed by atoms with E-state index in [1.807, 2.05) is 12.1 Å². The van der Waals surface area contributed by atoms with Gasteiger partial charge in [0.1, 0.15) is 6.29 Å². The Balaban J connectivity index is 2.22. The van der Waals surface area contributed by atoms with Gasteiger partial charge in [0.05, 0.1) is 6.61 Å². The lowest BCUT2D eigenvalue weighted by Gasteiger charge is -2.28. The van der Waals surface area contributed by atoms with Gasteiger partial charge in [0.2, 0.25) is 0 Å². The number of hydrogen-bond donors (Lipinski definition) is 0. The van der Waals surface area contributed by atoms with Crippen LogP contribution in [0.25, 0.3) is 0 Å². The summed E-state index contributed by atoms with van der Waals surface area (Å²) < 4.78 is 4.97. The Morgan fingerprint density at radius 1 is 1.53 bits per heavy atom. The molecule has 0 N–H and O–H groups in total. The van der Waals surface area contributed by atoms with Crippen molar-refractivity contribution in [2.24, 2.45) is 0 Å². The molecule has 1 aliphatic rings. The number of benzene rings is 1. The zero-order valence-electron chi connectivity index (χ0n) is 9.81. The maximum absolute atomic E-state index is 11.6. The molecule has 4 heteroatoms. The largest absolute Gasteiger partial charge is 0.450 e. The Labute approximate surface area is 100 Å². The second-order valence-electron chi connectivity index (χ2n) is 3.97. The second kappa shape index (κ2) is 4.99. The average molecular weight is 233 g/mol. The minimum Gasteiger partial charge on any atom is -0.450 e. The summed E-state index contributed by atoms with van der Waals surface area (Å²) in [6.45, 7) is 3.27. The zero-order valence-corrected chi connectivity index (χ0v) is 9.81. The minimum absolute atomic E-state index is 0.307. The molecule has 2 rings (SSSR count). The highest BCUT2D eigenvalue weighted by atomic mass is 16.6. The number of amides is 1. The molecule has 0 fully saturated rings. The summed E-state index contributed by atoms with van der Waals surface area (Å²) in [5, 5.41) is 0. The van der Waals surface area contributed by atoms with Crippen molar-refractivity contribution in [1.82, 2.24) is 4.90 Å². The molecule has 0 saturated heterocycles. The number of hydrogen-bond acceptors (Lipinski definition) is 3. The Morgan fingerprint density at radius 3 is 3.06 bits per heavy atom. The molecule has 0 aliphatic carbocycles. The Bertz CT molecular complexity index is 442. The number of rotatable bonds is 2. The van der Waals surface area contributed by atoms with Crippen molar-refractivity contribution in [2.75, 3.05) is 13.2 Å². The van der Waals surface area contributed by atoms with Crippen LogP contribution in [-0.4, -0.2) is 30.4 Å². The molecule has 1 aromatic rings. The molecule has 0 unspecified atom stereocenters. The smallest absolute Gasteiger partial charge is 0.410 e. The number of carbonyl (C=O) groups excluding carboxylic acids is 2. The molecule has 1 amide bonds. The lowest BCUT2D eigenvalue weighted by Crippen LogP contribution is -2.36. The van der Waals surface area contributed by atoms with E-state index in [1.54, 1.807) is 17.9 Å². The second-order valence-corrected chi connectivity index (χ2v) is 3.97. The highest BCUT2D eigenvalue weighted by molar-refractivity contribution is 5.78. The Hall–Kier alpha value is -1.84. The Morgan fingerprint density at radius 2 is 2.35 bits per heavy atom. The maximum atomic E-state index is 11.6. The van der Waals surface area contributed by atoms with Crippen LogP contribution in [0.5, 0.6) is 0 Å². The first-order valence-corrected chi connectivity index (χ1v) is 5.74. The van der Waals surface area contributed by atoms with Crippen LogP contribution in [0.1, 0.15) is 28.4 Å². The van der Waals surface area contributed by atoms with Gasteiger partial charge in [-0.25, -0.2) is 4.79 Å². The first kappa shape index (κ1) is 11.6. The van der Waals surface area contributed by atoms with E-state index in [0.717, 1.165) is 23.8 Å². The molecule has 17 heavy (non-hydrogen) atoms.